The van der Waals surface area contributed by atoms with Gasteiger partial charge in [-0.05, 0) is 25.8 Å². The molecular weight excluding hydrogens is 334 g/mol. The Morgan fingerprint density at radius 1 is 1.19 bits per heavy atom. The van der Waals surface area contributed by atoms with Crippen LogP contribution in [0.4, 0.5) is 0 Å². The molecule has 3 heterocycles. The van der Waals surface area contributed by atoms with Crippen molar-refractivity contribution in [3.05, 3.63) is 26.7 Å². The van der Waals surface area contributed by atoms with Crippen LogP contribution in [0.15, 0.2) is 9.59 Å². The third-order valence-corrected chi connectivity index (χ3v) is 5.51. The first-order valence-corrected chi connectivity index (χ1v) is 9.37. The Labute approximate surface area is 153 Å². The van der Waals surface area contributed by atoms with E-state index in [-0.39, 0.29) is 11.2 Å². The Hall–Kier alpha value is -1.93. The Morgan fingerprint density at radius 2 is 1.96 bits per heavy atom. The molecule has 0 N–H and O–H groups in total. The van der Waals surface area contributed by atoms with Gasteiger partial charge in [-0.15, -0.1) is 0 Å². The molecule has 1 atom stereocenters. The van der Waals surface area contributed by atoms with Crippen LogP contribution in [0.3, 0.4) is 0 Å². The third kappa shape index (κ3) is 3.23. The highest BCUT2D eigenvalue weighted by molar-refractivity contribution is 5.71. The Kier molecular flexibility index (Phi) is 5.62. The van der Waals surface area contributed by atoms with Crippen LogP contribution >= 0.6 is 0 Å². The largest absolute Gasteiger partial charge is 0.383 e. The van der Waals surface area contributed by atoms with Gasteiger partial charge in [-0.1, -0.05) is 13.3 Å². The maximum Gasteiger partial charge on any atom is 0.332 e. The number of nitrogens with zero attached hydrogens (tertiary/aromatic N) is 5. The van der Waals surface area contributed by atoms with E-state index < -0.39 is 0 Å². The van der Waals surface area contributed by atoms with Gasteiger partial charge in [0, 0.05) is 33.8 Å². The highest BCUT2D eigenvalue weighted by Crippen LogP contribution is 2.22. The van der Waals surface area contributed by atoms with Gasteiger partial charge >= 0.3 is 5.69 Å². The number of piperidine rings is 1. The van der Waals surface area contributed by atoms with Gasteiger partial charge in [0.1, 0.15) is 5.82 Å². The monoisotopic (exact) mass is 363 g/mol. The van der Waals surface area contributed by atoms with Gasteiger partial charge in [-0.3, -0.25) is 18.8 Å². The molecule has 1 saturated heterocycles. The summed E-state index contributed by atoms with van der Waals surface area (Å²) in [4.78, 5) is 32.2. The SMILES string of the molecule is CC[C@@H]1CCCCN1Cc1nc2c(c(=O)n(C)c(=O)n2C)n1CCOC. The van der Waals surface area contributed by atoms with Crippen LogP contribution in [0.25, 0.3) is 11.2 Å². The third-order valence-electron chi connectivity index (χ3n) is 5.51. The van der Waals surface area contributed by atoms with Crippen LogP contribution < -0.4 is 11.2 Å². The van der Waals surface area contributed by atoms with Gasteiger partial charge in [0.05, 0.1) is 13.2 Å². The number of hydrogen-bond donors (Lipinski definition) is 0. The van der Waals surface area contributed by atoms with Crippen molar-refractivity contribution in [2.75, 3.05) is 20.3 Å². The van der Waals surface area contributed by atoms with E-state index in [0.717, 1.165) is 23.4 Å². The number of rotatable bonds is 6. The molecule has 2 aromatic rings. The molecule has 3 rings (SSSR count). The van der Waals surface area contributed by atoms with Crippen molar-refractivity contribution in [3.8, 4) is 0 Å². The molecule has 0 radical (unpaired) electrons. The second-order valence-corrected chi connectivity index (χ2v) is 7.08. The Bertz CT molecular complexity index is 895. The number of fused-ring (bicyclic) bond motifs is 1. The number of aromatic nitrogens is 4. The minimum Gasteiger partial charge on any atom is -0.383 e. The summed E-state index contributed by atoms with van der Waals surface area (Å²) >= 11 is 0. The van der Waals surface area contributed by atoms with Gasteiger partial charge in [-0.25, -0.2) is 9.78 Å². The van der Waals surface area contributed by atoms with Crippen molar-refractivity contribution in [1.29, 1.82) is 0 Å². The van der Waals surface area contributed by atoms with Gasteiger partial charge in [0.15, 0.2) is 11.2 Å². The van der Waals surface area contributed by atoms with Crippen molar-refractivity contribution in [3.63, 3.8) is 0 Å². The summed E-state index contributed by atoms with van der Waals surface area (Å²) in [7, 11) is 4.82. The summed E-state index contributed by atoms with van der Waals surface area (Å²) in [6.07, 6.45) is 4.77. The molecular formula is C18H29N5O3. The first-order valence-electron chi connectivity index (χ1n) is 9.37. The minimum absolute atomic E-state index is 0.302. The highest BCUT2D eigenvalue weighted by Gasteiger charge is 2.25. The highest BCUT2D eigenvalue weighted by atomic mass is 16.5. The lowest BCUT2D eigenvalue weighted by atomic mass is 10.0. The summed E-state index contributed by atoms with van der Waals surface area (Å²) in [6.45, 7) is 4.98. The van der Waals surface area contributed by atoms with E-state index in [1.54, 1.807) is 14.2 Å². The predicted molar refractivity (Wildman–Crippen MR) is 100 cm³/mol. The predicted octanol–water partition coefficient (Wildman–Crippen LogP) is 0.845. The van der Waals surface area contributed by atoms with Crippen molar-refractivity contribution >= 4 is 11.2 Å². The van der Waals surface area contributed by atoms with Crippen molar-refractivity contribution in [2.45, 2.75) is 51.7 Å². The summed E-state index contributed by atoms with van der Waals surface area (Å²) < 4.78 is 9.77. The number of ether oxygens (including phenoxy) is 1. The lowest BCUT2D eigenvalue weighted by Crippen LogP contribution is -2.39. The number of aryl methyl sites for hydroxylation is 1. The van der Waals surface area contributed by atoms with Crippen molar-refractivity contribution < 1.29 is 4.74 Å². The maximum absolute atomic E-state index is 12.7. The molecule has 26 heavy (non-hydrogen) atoms. The lowest BCUT2D eigenvalue weighted by molar-refractivity contribution is 0.129. The van der Waals surface area contributed by atoms with E-state index >= 15 is 0 Å². The quantitative estimate of drug-likeness (QED) is 0.760. The molecule has 0 aliphatic carbocycles. The second-order valence-electron chi connectivity index (χ2n) is 7.08. The molecule has 0 unspecified atom stereocenters. The molecule has 1 aliphatic rings. The van der Waals surface area contributed by atoms with Gasteiger partial charge in [0.2, 0.25) is 0 Å². The summed E-state index contributed by atoms with van der Waals surface area (Å²) in [5.41, 5.74) is 0.277. The van der Waals surface area contributed by atoms with E-state index in [2.05, 4.69) is 11.8 Å². The normalized spacial score (nSPS) is 18.7. The van der Waals surface area contributed by atoms with E-state index in [9.17, 15) is 9.59 Å². The summed E-state index contributed by atoms with van der Waals surface area (Å²) in [6, 6.07) is 0.547. The van der Waals surface area contributed by atoms with E-state index in [1.807, 2.05) is 4.57 Å². The number of methoxy groups -OCH3 is 1. The Morgan fingerprint density at radius 3 is 2.65 bits per heavy atom. The van der Waals surface area contributed by atoms with Crippen LogP contribution in [-0.2, 0) is 31.9 Å². The standard InChI is InChI=1S/C18H29N5O3/c1-5-13-8-6-7-9-22(13)12-14-19-16-15(23(14)10-11-26-4)17(24)21(3)18(25)20(16)2/h13H,5-12H2,1-4H3/t13-/m1/s1. The van der Waals surface area contributed by atoms with Gasteiger partial charge in [0.25, 0.3) is 5.56 Å². The molecule has 0 spiro atoms. The molecule has 2 aromatic heterocycles. The van der Waals surface area contributed by atoms with Crippen molar-refractivity contribution in [1.82, 2.24) is 23.6 Å². The van der Waals surface area contributed by atoms with Crippen LogP contribution in [0.5, 0.6) is 0 Å². The average molecular weight is 363 g/mol. The zero-order valence-electron chi connectivity index (χ0n) is 16.2. The minimum atomic E-state index is -0.352. The first-order chi connectivity index (χ1) is 12.5. The summed E-state index contributed by atoms with van der Waals surface area (Å²) in [5, 5.41) is 0. The molecule has 144 valence electrons. The average Bonchev–Trinajstić information content (AvgIpc) is 3.01. The van der Waals surface area contributed by atoms with Gasteiger partial charge in [-0.2, -0.15) is 0 Å². The zero-order chi connectivity index (χ0) is 18.8. The van der Waals surface area contributed by atoms with Crippen molar-refractivity contribution in [2.24, 2.45) is 14.1 Å². The van der Waals surface area contributed by atoms with Crippen LogP contribution in [-0.4, -0.2) is 49.9 Å². The molecule has 1 aliphatic heterocycles. The fraction of sp³-hybridized carbons (Fsp3) is 0.722. The smallest absolute Gasteiger partial charge is 0.332 e. The fourth-order valence-electron chi connectivity index (χ4n) is 3.95. The molecule has 8 nitrogen and oxygen atoms in total. The molecule has 0 amide bonds. The van der Waals surface area contributed by atoms with E-state index in [1.165, 1.54) is 30.9 Å². The van der Waals surface area contributed by atoms with E-state index in [0.29, 0.717) is 36.9 Å². The molecule has 8 heteroatoms. The zero-order valence-corrected chi connectivity index (χ0v) is 16.2. The molecule has 0 saturated carbocycles. The van der Waals surface area contributed by atoms with Crippen LogP contribution in [0, 0.1) is 0 Å². The molecule has 0 aromatic carbocycles. The summed E-state index contributed by atoms with van der Waals surface area (Å²) in [5.74, 6) is 0.829. The first kappa shape index (κ1) is 18.8. The maximum atomic E-state index is 12.7. The van der Waals surface area contributed by atoms with Gasteiger partial charge < -0.3 is 9.30 Å². The number of imidazole rings is 1. The number of likely N-dealkylation sites (tertiary alicyclic amines) is 1. The van der Waals surface area contributed by atoms with E-state index in [4.69, 9.17) is 9.72 Å². The topological polar surface area (TPSA) is 74.3 Å². The van der Waals surface area contributed by atoms with Crippen LogP contribution in [0.1, 0.15) is 38.4 Å². The molecule has 0 bridgehead atoms. The second kappa shape index (κ2) is 7.75. The fourth-order valence-corrected chi connectivity index (χ4v) is 3.95. The number of hydrogen-bond acceptors (Lipinski definition) is 5. The molecule has 1 fully saturated rings. The Balaban J connectivity index is 2.12. The van der Waals surface area contributed by atoms with Crippen LogP contribution in [0.2, 0.25) is 0 Å². The lowest BCUT2D eigenvalue weighted by Gasteiger charge is -2.34.